The first kappa shape index (κ1) is 18.2. The number of quaternary nitrogens is 1. The molecule has 0 aromatic heterocycles. The summed E-state index contributed by atoms with van der Waals surface area (Å²) in [6.45, 7) is 7.14. The van der Waals surface area contributed by atoms with Crippen molar-refractivity contribution in [3.8, 4) is 0 Å². The van der Waals surface area contributed by atoms with Crippen LogP contribution in [-0.4, -0.2) is 25.0 Å². The summed E-state index contributed by atoms with van der Waals surface area (Å²) in [5.74, 6) is 0.129. The maximum absolute atomic E-state index is 11.8. The van der Waals surface area contributed by atoms with Gasteiger partial charge in [-0.3, -0.25) is 10.1 Å². The fourth-order valence-corrected chi connectivity index (χ4v) is 2.30. The molecule has 0 aliphatic carbocycles. The standard InChI is InChI=1S/C17H27N3O2/c1-4-5-11-18-17(22)20-15(21)12-19-16(13(2)3)14-9-7-6-8-10-14/h6-10,13,16,19H,4-5,11-12H2,1-3H3,(H2,18,20,21,22)/p+1/t16-/m0/s1. The van der Waals surface area contributed by atoms with Gasteiger partial charge in [-0.2, -0.15) is 0 Å². The van der Waals surface area contributed by atoms with Gasteiger partial charge < -0.3 is 10.6 Å². The number of nitrogens with two attached hydrogens (primary N) is 1. The van der Waals surface area contributed by atoms with E-state index in [9.17, 15) is 9.59 Å². The van der Waals surface area contributed by atoms with Crippen molar-refractivity contribution < 1.29 is 14.9 Å². The molecule has 3 amide bonds. The van der Waals surface area contributed by atoms with Crippen LogP contribution in [0.2, 0.25) is 0 Å². The SMILES string of the molecule is CCCCNC(=O)NC(=O)C[NH2+][C@H](c1ccccc1)C(C)C. The minimum Gasteiger partial charge on any atom is -0.338 e. The number of hydrogen-bond acceptors (Lipinski definition) is 2. The maximum atomic E-state index is 11.8. The molecule has 0 aliphatic heterocycles. The number of hydrogen-bond donors (Lipinski definition) is 3. The second-order valence-corrected chi connectivity index (χ2v) is 5.78. The second kappa shape index (κ2) is 9.95. The fraction of sp³-hybridized carbons (Fsp3) is 0.529. The van der Waals surface area contributed by atoms with Crippen molar-refractivity contribution in [2.45, 2.75) is 39.7 Å². The van der Waals surface area contributed by atoms with E-state index >= 15 is 0 Å². The van der Waals surface area contributed by atoms with Crippen LogP contribution in [0, 0.1) is 5.92 Å². The Kier molecular flexibility index (Phi) is 8.22. The van der Waals surface area contributed by atoms with Crippen molar-refractivity contribution >= 4 is 11.9 Å². The van der Waals surface area contributed by atoms with Crippen molar-refractivity contribution in [3.05, 3.63) is 35.9 Å². The van der Waals surface area contributed by atoms with Crippen molar-refractivity contribution in [2.24, 2.45) is 5.92 Å². The lowest BCUT2D eigenvalue weighted by molar-refractivity contribution is -0.692. The Bertz CT molecular complexity index is 460. The molecule has 0 bridgehead atoms. The van der Waals surface area contributed by atoms with E-state index in [1.165, 1.54) is 5.56 Å². The van der Waals surface area contributed by atoms with E-state index in [4.69, 9.17) is 0 Å². The van der Waals surface area contributed by atoms with Gasteiger partial charge in [0.1, 0.15) is 6.04 Å². The molecule has 1 rings (SSSR count). The number of urea groups is 1. The molecule has 0 saturated carbocycles. The molecule has 22 heavy (non-hydrogen) atoms. The van der Waals surface area contributed by atoms with E-state index in [0.29, 0.717) is 12.5 Å². The zero-order valence-electron chi connectivity index (χ0n) is 13.8. The lowest BCUT2D eigenvalue weighted by Crippen LogP contribution is -2.88. The molecule has 5 nitrogen and oxygen atoms in total. The van der Waals surface area contributed by atoms with Gasteiger partial charge in [0.05, 0.1) is 0 Å². The van der Waals surface area contributed by atoms with Crippen LogP contribution in [-0.2, 0) is 4.79 Å². The normalized spacial score (nSPS) is 12.0. The van der Waals surface area contributed by atoms with Gasteiger partial charge in [-0.05, 0) is 6.42 Å². The summed E-state index contributed by atoms with van der Waals surface area (Å²) in [4.78, 5) is 23.4. The first-order chi connectivity index (χ1) is 10.5. The number of rotatable bonds is 8. The van der Waals surface area contributed by atoms with E-state index in [-0.39, 0.29) is 18.5 Å². The lowest BCUT2D eigenvalue weighted by atomic mass is 9.96. The Morgan fingerprint density at radius 3 is 2.45 bits per heavy atom. The Morgan fingerprint density at radius 1 is 1.18 bits per heavy atom. The van der Waals surface area contributed by atoms with Crippen LogP contribution in [0.5, 0.6) is 0 Å². The van der Waals surface area contributed by atoms with Crippen LogP contribution in [0.15, 0.2) is 30.3 Å². The molecule has 1 aromatic rings. The van der Waals surface area contributed by atoms with Gasteiger partial charge in [-0.25, -0.2) is 4.79 Å². The van der Waals surface area contributed by atoms with E-state index < -0.39 is 6.03 Å². The third-order valence-electron chi connectivity index (χ3n) is 3.53. The zero-order valence-corrected chi connectivity index (χ0v) is 13.8. The smallest absolute Gasteiger partial charge is 0.321 e. The summed E-state index contributed by atoms with van der Waals surface area (Å²) < 4.78 is 0. The van der Waals surface area contributed by atoms with Crippen LogP contribution in [0.3, 0.4) is 0 Å². The minimum atomic E-state index is -0.410. The van der Waals surface area contributed by atoms with Crippen molar-refractivity contribution in [2.75, 3.05) is 13.1 Å². The summed E-state index contributed by atoms with van der Waals surface area (Å²) in [5, 5.41) is 7.02. The molecule has 0 heterocycles. The third kappa shape index (κ3) is 6.72. The molecule has 4 N–H and O–H groups in total. The van der Waals surface area contributed by atoms with Crippen LogP contribution in [0.25, 0.3) is 0 Å². The first-order valence-electron chi connectivity index (χ1n) is 8.00. The minimum absolute atomic E-state index is 0.204. The number of benzene rings is 1. The van der Waals surface area contributed by atoms with Gasteiger partial charge in [0.15, 0.2) is 6.54 Å². The topological polar surface area (TPSA) is 74.8 Å². The zero-order chi connectivity index (χ0) is 16.4. The highest BCUT2D eigenvalue weighted by atomic mass is 16.2. The number of carbonyl (C=O) groups excluding carboxylic acids is 2. The van der Waals surface area contributed by atoms with Crippen LogP contribution < -0.4 is 16.0 Å². The van der Waals surface area contributed by atoms with E-state index in [0.717, 1.165) is 12.8 Å². The van der Waals surface area contributed by atoms with E-state index in [2.05, 4.69) is 43.5 Å². The first-order valence-corrected chi connectivity index (χ1v) is 8.00. The van der Waals surface area contributed by atoms with E-state index in [1.807, 2.05) is 23.5 Å². The van der Waals surface area contributed by atoms with Crippen molar-refractivity contribution in [1.82, 2.24) is 10.6 Å². The second-order valence-electron chi connectivity index (χ2n) is 5.78. The molecule has 0 spiro atoms. The number of imide groups is 1. The highest BCUT2D eigenvalue weighted by molar-refractivity contribution is 5.94. The van der Waals surface area contributed by atoms with Gasteiger partial charge in [0.2, 0.25) is 0 Å². The van der Waals surface area contributed by atoms with Gasteiger partial charge in [0.25, 0.3) is 5.91 Å². The number of amides is 3. The van der Waals surface area contributed by atoms with Crippen molar-refractivity contribution in [1.29, 1.82) is 0 Å². The summed E-state index contributed by atoms with van der Waals surface area (Å²) in [5.41, 5.74) is 1.19. The lowest BCUT2D eigenvalue weighted by Gasteiger charge is -2.19. The van der Waals surface area contributed by atoms with Gasteiger partial charge >= 0.3 is 6.03 Å². The fourth-order valence-electron chi connectivity index (χ4n) is 2.30. The Labute approximate surface area is 132 Å². The van der Waals surface area contributed by atoms with Crippen LogP contribution in [0.1, 0.15) is 45.2 Å². The Morgan fingerprint density at radius 2 is 1.86 bits per heavy atom. The molecule has 1 atom stereocenters. The molecule has 122 valence electrons. The van der Waals surface area contributed by atoms with Gasteiger partial charge in [-0.1, -0.05) is 57.5 Å². The molecule has 0 aliphatic rings. The number of carbonyl (C=O) groups is 2. The predicted octanol–water partition coefficient (Wildman–Crippen LogP) is 1.57. The molecular formula is C17H28N3O2+. The summed E-state index contributed by atoms with van der Waals surface area (Å²) >= 11 is 0. The van der Waals surface area contributed by atoms with Crippen molar-refractivity contribution in [3.63, 3.8) is 0 Å². The van der Waals surface area contributed by atoms with Crippen LogP contribution in [0.4, 0.5) is 4.79 Å². The Balaban J connectivity index is 2.42. The summed E-state index contributed by atoms with van der Waals surface area (Å²) in [6.07, 6.45) is 1.92. The molecule has 0 saturated heterocycles. The largest absolute Gasteiger partial charge is 0.338 e. The number of unbranched alkanes of at least 4 members (excludes halogenated alkanes) is 1. The van der Waals surface area contributed by atoms with Gasteiger partial charge in [-0.15, -0.1) is 0 Å². The highest BCUT2D eigenvalue weighted by Crippen LogP contribution is 2.16. The monoisotopic (exact) mass is 306 g/mol. The molecule has 0 radical (unpaired) electrons. The predicted molar refractivity (Wildman–Crippen MR) is 87.3 cm³/mol. The average Bonchev–Trinajstić information content (AvgIpc) is 2.48. The third-order valence-corrected chi connectivity index (χ3v) is 3.53. The summed E-state index contributed by atoms with van der Waals surface area (Å²) in [7, 11) is 0. The maximum Gasteiger partial charge on any atom is 0.321 e. The Hall–Kier alpha value is -1.88. The average molecular weight is 306 g/mol. The molecule has 5 heteroatoms. The van der Waals surface area contributed by atoms with Gasteiger partial charge in [0, 0.05) is 18.0 Å². The van der Waals surface area contributed by atoms with E-state index in [1.54, 1.807) is 0 Å². The molecular weight excluding hydrogens is 278 g/mol. The molecule has 0 unspecified atom stereocenters. The summed E-state index contributed by atoms with van der Waals surface area (Å²) in [6, 6.07) is 9.91. The molecule has 0 fully saturated rings. The van der Waals surface area contributed by atoms with Crippen LogP contribution >= 0.6 is 0 Å². The highest BCUT2D eigenvalue weighted by Gasteiger charge is 2.20. The quantitative estimate of drug-likeness (QED) is 0.638. The number of nitrogens with one attached hydrogen (secondary N) is 2. The molecule has 1 aromatic carbocycles.